The van der Waals surface area contributed by atoms with Crippen molar-refractivity contribution in [1.82, 2.24) is 14.3 Å². The smallest absolute Gasteiger partial charge is 0.0669 e. The highest BCUT2D eigenvalue weighted by molar-refractivity contribution is 7.99. The quantitative estimate of drug-likeness (QED) is 0.548. The third-order valence-corrected chi connectivity index (χ3v) is 5.44. The number of aryl methyl sites for hydroxylation is 2. The first-order valence-electron chi connectivity index (χ1n) is 8.97. The van der Waals surface area contributed by atoms with Gasteiger partial charge in [0.2, 0.25) is 0 Å². The van der Waals surface area contributed by atoms with Crippen molar-refractivity contribution >= 4 is 17.3 Å². The van der Waals surface area contributed by atoms with Crippen LogP contribution in [-0.2, 0) is 19.4 Å². The zero-order valence-electron chi connectivity index (χ0n) is 15.4. The summed E-state index contributed by atoms with van der Waals surface area (Å²) in [5, 5.41) is 0. The molecule has 4 heteroatoms. The van der Waals surface area contributed by atoms with Crippen molar-refractivity contribution in [2.45, 2.75) is 37.6 Å². The maximum absolute atomic E-state index is 4.65. The average Bonchev–Trinajstić information content (AvgIpc) is 3.01. The van der Waals surface area contributed by atoms with Crippen LogP contribution in [0.1, 0.15) is 30.3 Å². The first-order valence-corrected chi connectivity index (χ1v) is 9.96. The van der Waals surface area contributed by atoms with Gasteiger partial charge in [-0.1, -0.05) is 19.1 Å². The molecule has 0 saturated carbocycles. The number of hydrogen-bond acceptors (Lipinski definition) is 3. The van der Waals surface area contributed by atoms with E-state index in [-0.39, 0.29) is 0 Å². The molecule has 0 aliphatic heterocycles. The van der Waals surface area contributed by atoms with Crippen molar-refractivity contribution < 1.29 is 0 Å². The summed E-state index contributed by atoms with van der Waals surface area (Å²) in [5.41, 5.74) is 5.11. The highest BCUT2D eigenvalue weighted by Crippen LogP contribution is 2.21. The molecule has 25 heavy (non-hydrogen) atoms. The molecular formula is C21H27N3S. The Hall–Kier alpha value is -1.78. The second-order valence-corrected chi connectivity index (χ2v) is 7.86. The highest BCUT2D eigenvalue weighted by atomic mass is 32.2. The molecule has 3 rings (SSSR count). The maximum atomic E-state index is 4.65. The van der Waals surface area contributed by atoms with E-state index in [1.165, 1.54) is 39.5 Å². The van der Waals surface area contributed by atoms with E-state index in [0.717, 1.165) is 19.4 Å². The van der Waals surface area contributed by atoms with Crippen LogP contribution >= 0.6 is 11.8 Å². The summed E-state index contributed by atoms with van der Waals surface area (Å²) in [6, 6.07) is 13.4. The Morgan fingerprint density at radius 3 is 2.80 bits per heavy atom. The zero-order valence-corrected chi connectivity index (χ0v) is 16.2. The van der Waals surface area contributed by atoms with Gasteiger partial charge in [0.25, 0.3) is 0 Å². The molecule has 132 valence electrons. The van der Waals surface area contributed by atoms with Gasteiger partial charge in [0.15, 0.2) is 0 Å². The van der Waals surface area contributed by atoms with Gasteiger partial charge in [0, 0.05) is 29.5 Å². The van der Waals surface area contributed by atoms with Gasteiger partial charge in [-0.3, -0.25) is 4.98 Å². The molecular weight excluding hydrogens is 326 g/mol. The number of rotatable bonds is 8. The topological polar surface area (TPSA) is 20.5 Å². The Kier molecular flexibility index (Phi) is 6.16. The van der Waals surface area contributed by atoms with E-state index in [1.54, 1.807) is 0 Å². The van der Waals surface area contributed by atoms with Gasteiger partial charge >= 0.3 is 0 Å². The van der Waals surface area contributed by atoms with E-state index in [1.807, 2.05) is 18.0 Å². The fourth-order valence-electron chi connectivity index (χ4n) is 3.08. The Bertz CT molecular complexity index is 823. The molecule has 0 saturated heterocycles. The van der Waals surface area contributed by atoms with Crippen LogP contribution in [-0.4, -0.2) is 34.1 Å². The van der Waals surface area contributed by atoms with E-state index < -0.39 is 0 Å². The monoisotopic (exact) mass is 353 g/mol. The van der Waals surface area contributed by atoms with Gasteiger partial charge in [0.1, 0.15) is 0 Å². The molecule has 0 atom stereocenters. The van der Waals surface area contributed by atoms with Crippen LogP contribution in [0, 0.1) is 0 Å². The lowest BCUT2D eigenvalue weighted by Crippen LogP contribution is -2.12. The van der Waals surface area contributed by atoms with Crippen molar-refractivity contribution in [3.8, 4) is 0 Å². The van der Waals surface area contributed by atoms with Gasteiger partial charge in [-0.15, -0.1) is 11.8 Å². The van der Waals surface area contributed by atoms with Crippen molar-refractivity contribution in [2.75, 3.05) is 19.8 Å². The van der Waals surface area contributed by atoms with Crippen molar-refractivity contribution in [2.24, 2.45) is 0 Å². The van der Waals surface area contributed by atoms with Gasteiger partial charge in [-0.05, 0) is 68.9 Å². The first-order chi connectivity index (χ1) is 12.2. The third-order valence-electron chi connectivity index (χ3n) is 4.24. The van der Waals surface area contributed by atoms with Crippen LogP contribution in [0.25, 0.3) is 5.52 Å². The number of hydrogen-bond donors (Lipinski definition) is 0. The molecule has 0 bridgehead atoms. The summed E-state index contributed by atoms with van der Waals surface area (Å²) >= 11 is 1.94. The van der Waals surface area contributed by atoms with E-state index in [2.05, 4.69) is 77.9 Å². The van der Waals surface area contributed by atoms with Crippen LogP contribution in [0.5, 0.6) is 0 Å². The molecule has 2 heterocycles. The van der Waals surface area contributed by atoms with E-state index in [4.69, 9.17) is 0 Å². The van der Waals surface area contributed by atoms with Crippen molar-refractivity contribution in [1.29, 1.82) is 0 Å². The van der Waals surface area contributed by atoms with Crippen molar-refractivity contribution in [3.63, 3.8) is 0 Å². The van der Waals surface area contributed by atoms with Gasteiger partial charge in [-0.25, -0.2) is 0 Å². The minimum Gasteiger partial charge on any atom is -0.316 e. The standard InChI is InChI=1S/C21H27N3S/c1-4-14-25-19-7-5-6-17(15-19)8-10-20-21-11-9-18(16-23(2)3)24(21)13-12-22-20/h5-7,9,11-13,15H,4,8,10,14,16H2,1-3H3. The van der Waals surface area contributed by atoms with Crippen LogP contribution in [0.15, 0.2) is 53.7 Å². The van der Waals surface area contributed by atoms with Crippen LogP contribution in [0.4, 0.5) is 0 Å². The number of benzene rings is 1. The third kappa shape index (κ3) is 4.65. The lowest BCUT2D eigenvalue weighted by molar-refractivity contribution is 0.395. The molecule has 0 spiro atoms. The summed E-state index contributed by atoms with van der Waals surface area (Å²) < 4.78 is 2.27. The van der Waals surface area contributed by atoms with Crippen LogP contribution in [0.2, 0.25) is 0 Å². The summed E-state index contributed by atoms with van der Waals surface area (Å²) in [4.78, 5) is 8.22. The Labute approximate surface area is 155 Å². The average molecular weight is 354 g/mol. The van der Waals surface area contributed by atoms with Gasteiger partial charge < -0.3 is 9.30 Å². The molecule has 0 aliphatic carbocycles. The highest BCUT2D eigenvalue weighted by Gasteiger charge is 2.08. The number of thioether (sulfide) groups is 1. The van der Waals surface area contributed by atoms with E-state index in [9.17, 15) is 0 Å². The molecule has 1 aromatic carbocycles. The SMILES string of the molecule is CCCSc1cccc(CCc2nccn3c(CN(C)C)ccc23)c1. The molecule has 0 amide bonds. The zero-order chi connectivity index (χ0) is 17.6. The summed E-state index contributed by atoms with van der Waals surface area (Å²) in [6.45, 7) is 3.17. The predicted octanol–water partition coefficient (Wildman–Crippen LogP) is 4.68. The second-order valence-electron chi connectivity index (χ2n) is 6.69. The summed E-state index contributed by atoms with van der Waals surface area (Å²) in [5.74, 6) is 1.18. The molecule has 2 aromatic heterocycles. The lowest BCUT2D eigenvalue weighted by atomic mass is 10.1. The second kappa shape index (κ2) is 8.54. The van der Waals surface area contributed by atoms with Gasteiger partial charge in [0.05, 0.1) is 11.2 Å². The molecule has 0 N–H and O–H groups in total. The summed E-state index contributed by atoms with van der Waals surface area (Å²) in [7, 11) is 4.20. The maximum Gasteiger partial charge on any atom is 0.0669 e. The van der Waals surface area contributed by atoms with E-state index >= 15 is 0 Å². The molecule has 3 aromatic rings. The molecule has 0 radical (unpaired) electrons. The molecule has 0 fully saturated rings. The van der Waals surface area contributed by atoms with E-state index in [0.29, 0.717) is 0 Å². The van der Waals surface area contributed by atoms with Crippen LogP contribution < -0.4 is 0 Å². The Balaban J connectivity index is 1.74. The van der Waals surface area contributed by atoms with Crippen LogP contribution in [0.3, 0.4) is 0 Å². The Morgan fingerprint density at radius 2 is 2.00 bits per heavy atom. The number of fused-ring (bicyclic) bond motifs is 1. The minimum atomic E-state index is 0.939. The molecule has 0 unspecified atom stereocenters. The number of nitrogens with zero attached hydrogens (tertiary/aromatic N) is 3. The first kappa shape index (κ1) is 18.0. The number of aromatic nitrogens is 2. The largest absolute Gasteiger partial charge is 0.316 e. The fourth-order valence-corrected chi connectivity index (χ4v) is 3.93. The Morgan fingerprint density at radius 1 is 1.12 bits per heavy atom. The predicted molar refractivity (Wildman–Crippen MR) is 107 cm³/mol. The summed E-state index contributed by atoms with van der Waals surface area (Å²) in [6.07, 6.45) is 7.21. The molecule has 3 nitrogen and oxygen atoms in total. The lowest BCUT2D eigenvalue weighted by Gasteiger charge is -2.11. The molecule has 0 aliphatic rings. The van der Waals surface area contributed by atoms with Gasteiger partial charge in [-0.2, -0.15) is 0 Å². The minimum absolute atomic E-state index is 0.939. The fraction of sp³-hybridized carbons (Fsp3) is 0.381. The van der Waals surface area contributed by atoms with Crippen molar-refractivity contribution in [3.05, 3.63) is 65.7 Å². The normalized spacial score (nSPS) is 11.5.